The monoisotopic (exact) mass is 443 g/mol. The summed E-state index contributed by atoms with van der Waals surface area (Å²) in [6.45, 7) is 5.91. The van der Waals surface area contributed by atoms with Gasteiger partial charge in [0.1, 0.15) is 5.54 Å². The van der Waals surface area contributed by atoms with Crippen LogP contribution in [0.25, 0.3) is 0 Å². The zero-order valence-corrected chi connectivity index (χ0v) is 18.7. The number of amides is 4. The lowest BCUT2D eigenvalue weighted by Crippen LogP contribution is -2.58. The molecule has 2 atom stereocenters. The van der Waals surface area contributed by atoms with Gasteiger partial charge in [-0.2, -0.15) is 0 Å². The van der Waals surface area contributed by atoms with Gasteiger partial charge in [0.05, 0.1) is 13.3 Å². The van der Waals surface area contributed by atoms with Crippen molar-refractivity contribution in [2.24, 2.45) is 0 Å². The van der Waals surface area contributed by atoms with E-state index >= 15 is 0 Å². The van der Waals surface area contributed by atoms with Crippen LogP contribution in [0.1, 0.15) is 38.2 Å². The highest BCUT2D eigenvalue weighted by atomic mass is 16.5. The Morgan fingerprint density at radius 1 is 1.19 bits per heavy atom. The number of carbonyl (C=O) groups excluding carboxylic acids is 3. The van der Waals surface area contributed by atoms with Crippen molar-refractivity contribution >= 4 is 18.0 Å². The summed E-state index contributed by atoms with van der Waals surface area (Å²) >= 11 is 0. The van der Waals surface area contributed by atoms with Gasteiger partial charge in [-0.05, 0) is 51.3 Å². The molecule has 174 valence electrons. The Morgan fingerprint density at radius 2 is 1.97 bits per heavy atom. The quantitative estimate of drug-likeness (QED) is 0.651. The van der Waals surface area contributed by atoms with Gasteiger partial charge in [0.25, 0.3) is 5.91 Å². The highest BCUT2D eigenvalue weighted by molar-refractivity contribution is 6.07. The predicted molar refractivity (Wildman–Crippen MR) is 119 cm³/mol. The number of carbonyl (C=O) groups is 3. The second-order valence-corrected chi connectivity index (χ2v) is 8.97. The molecule has 1 spiro atoms. The minimum atomic E-state index is -0.845. The third-order valence-electron chi connectivity index (χ3n) is 6.51. The minimum absolute atomic E-state index is 0.0476. The van der Waals surface area contributed by atoms with Gasteiger partial charge in [-0.15, -0.1) is 0 Å². The van der Waals surface area contributed by atoms with Crippen molar-refractivity contribution in [1.29, 1.82) is 0 Å². The van der Waals surface area contributed by atoms with Crippen molar-refractivity contribution < 1.29 is 19.1 Å². The number of rotatable bonds is 6. The molecular weight excluding hydrogens is 410 g/mol. The molecule has 9 nitrogen and oxygen atoms in total. The Labute approximate surface area is 189 Å². The van der Waals surface area contributed by atoms with Crippen LogP contribution in [0, 0.1) is 0 Å². The van der Waals surface area contributed by atoms with E-state index in [1.165, 1.54) is 10.5 Å². The number of hydrogen-bond acceptors (Lipinski definition) is 6. The Kier molecular flexibility index (Phi) is 6.95. The van der Waals surface area contributed by atoms with Crippen molar-refractivity contribution in [3.8, 4) is 0 Å². The highest BCUT2D eigenvalue weighted by Crippen LogP contribution is 2.29. The van der Waals surface area contributed by atoms with Gasteiger partial charge in [-0.25, -0.2) is 14.5 Å². The normalized spacial score (nSPS) is 26.9. The first kappa shape index (κ1) is 22.5. The second-order valence-electron chi connectivity index (χ2n) is 8.97. The van der Waals surface area contributed by atoms with E-state index < -0.39 is 11.6 Å². The standard InChI is InChI=1S/C23H33N5O4/c1-2-32-22(31)24-19-10-6-12-27(15-19)17-28-20(29)23(25-21(28)30)11-7-13-26(16-23)14-18-8-4-3-5-9-18/h3-5,8-9,19H,2,6-7,10-17H2,1H3,(H,24,31)(H,25,30). The number of urea groups is 1. The molecule has 3 fully saturated rings. The molecule has 1 aromatic carbocycles. The number of likely N-dealkylation sites (tertiary alicyclic amines) is 2. The lowest BCUT2D eigenvalue weighted by Gasteiger charge is -2.39. The summed E-state index contributed by atoms with van der Waals surface area (Å²) in [5.41, 5.74) is 0.356. The number of imide groups is 1. The van der Waals surface area contributed by atoms with E-state index in [4.69, 9.17) is 4.74 Å². The summed E-state index contributed by atoms with van der Waals surface area (Å²) in [7, 11) is 0. The van der Waals surface area contributed by atoms with Crippen molar-refractivity contribution in [2.45, 2.75) is 50.7 Å². The van der Waals surface area contributed by atoms with Crippen molar-refractivity contribution in [3.63, 3.8) is 0 Å². The number of ether oxygens (including phenoxy) is 1. The average Bonchev–Trinajstić information content (AvgIpc) is 2.98. The molecule has 32 heavy (non-hydrogen) atoms. The summed E-state index contributed by atoms with van der Waals surface area (Å²) in [6, 6.07) is 9.82. The van der Waals surface area contributed by atoms with E-state index in [0.29, 0.717) is 26.1 Å². The van der Waals surface area contributed by atoms with Crippen LogP contribution < -0.4 is 10.6 Å². The first-order valence-corrected chi connectivity index (χ1v) is 11.5. The summed E-state index contributed by atoms with van der Waals surface area (Å²) in [5.74, 6) is -0.138. The Bertz CT molecular complexity index is 835. The molecule has 0 saturated carbocycles. The summed E-state index contributed by atoms with van der Waals surface area (Å²) in [5, 5.41) is 5.88. The lowest BCUT2D eigenvalue weighted by atomic mass is 9.88. The maximum Gasteiger partial charge on any atom is 0.407 e. The number of hydrogen-bond donors (Lipinski definition) is 2. The molecule has 3 saturated heterocycles. The molecule has 3 heterocycles. The van der Waals surface area contributed by atoms with E-state index in [9.17, 15) is 14.4 Å². The van der Waals surface area contributed by atoms with Crippen molar-refractivity contribution in [2.75, 3.05) is 39.5 Å². The van der Waals surface area contributed by atoms with E-state index in [1.54, 1.807) is 6.92 Å². The fraction of sp³-hybridized carbons (Fsp3) is 0.609. The molecule has 3 aliphatic rings. The third-order valence-corrected chi connectivity index (χ3v) is 6.51. The highest BCUT2D eigenvalue weighted by Gasteiger charge is 2.53. The van der Waals surface area contributed by atoms with Crippen LogP contribution in [0.15, 0.2) is 30.3 Å². The maximum absolute atomic E-state index is 13.4. The summed E-state index contributed by atoms with van der Waals surface area (Å²) in [6.07, 6.45) is 2.84. The fourth-order valence-corrected chi connectivity index (χ4v) is 5.04. The molecule has 2 N–H and O–H groups in total. The van der Waals surface area contributed by atoms with E-state index in [2.05, 4.69) is 32.6 Å². The van der Waals surface area contributed by atoms with Gasteiger partial charge in [-0.1, -0.05) is 30.3 Å². The molecule has 4 amide bonds. The van der Waals surface area contributed by atoms with Crippen molar-refractivity contribution in [1.82, 2.24) is 25.3 Å². The molecule has 3 aliphatic heterocycles. The van der Waals surface area contributed by atoms with E-state index in [1.807, 2.05) is 18.2 Å². The second kappa shape index (κ2) is 9.87. The average molecular weight is 444 g/mol. The number of nitrogens with one attached hydrogen (secondary N) is 2. The van der Waals surface area contributed by atoms with Gasteiger partial charge < -0.3 is 15.4 Å². The molecule has 0 bridgehead atoms. The summed E-state index contributed by atoms with van der Waals surface area (Å²) < 4.78 is 4.97. The van der Waals surface area contributed by atoms with E-state index in [0.717, 1.165) is 38.9 Å². The molecule has 0 radical (unpaired) electrons. The number of nitrogens with zero attached hydrogens (tertiary/aromatic N) is 3. The third kappa shape index (κ3) is 5.05. The van der Waals surface area contributed by atoms with Gasteiger partial charge in [0.15, 0.2) is 0 Å². The smallest absolute Gasteiger partial charge is 0.407 e. The van der Waals surface area contributed by atoms with Gasteiger partial charge >= 0.3 is 12.1 Å². The lowest BCUT2D eigenvalue weighted by molar-refractivity contribution is -0.135. The van der Waals surface area contributed by atoms with Crippen LogP contribution in [-0.2, 0) is 16.1 Å². The van der Waals surface area contributed by atoms with Crippen LogP contribution in [0.2, 0.25) is 0 Å². The molecule has 2 unspecified atom stereocenters. The first-order valence-electron chi connectivity index (χ1n) is 11.5. The first-order chi connectivity index (χ1) is 15.5. The maximum atomic E-state index is 13.4. The summed E-state index contributed by atoms with van der Waals surface area (Å²) in [4.78, 5) is 43.6. The molecule has 4 rings (SSSR count). The predicted octanol–water partition coefficient (Wildman–Crippen LogP) is 1.74. The van der Waals surface area contributed by atoms with Crippen LogP contribution in [0.4, 0.5) is 9.59 Å². The van der Waals surface area contributed by atoms with Crippen LogP contribution >= 0.6 is 0 Å². The zero-order chi connectivity index (χ0) is 22.6. The molecule has 0 aromatic heterocycles. The topological polar surface area (TPSA) is 94.2 Å². The molecule has 9 heteroatoms. The van der Waals surface area contributed by atoms with Crippen LogP contribution in [0.3, 0.4) is 0 Å². The van der Waals surface area contributed by atoms with Gasteiger partial charge in [0, 0.05) is 25.7 Å². The van der Waals surface area contributed by atoms with Crippen LogP contribution in [0.5, 0.6) is 0 Å². The largest absolute Gasteiger partial charge is 0.450 e. The Balaban J connectivity index is 1.36. The van der Waals surface area contributed by atoms with E-state index in [-0.39, 0.29) is 24.6 Å². The van der Waals surface area contributed by atoms with Crippen LogP contribution in [-0.4, -0.2) is 83.8 Å². The Morgan fingerprint density at radius 3 is 2.75 bits per heavy atom. The Hall–Kier alpha value is -2.65. The van der Waals surface area contributed by atoms with Crippen molar-refractivity contribution in [3.05, 3.63) is 35.9 Å². The number of alkyl carbamates (subject to hydrolysis) is 1. The number of benzene rings is 1. The molecule has 0 aliphatic carbocycles. The molecule has 1 aromatic rings. The fourth-order valence-electron chi connectivity index (χ4n) is 5.04. The van der Waals surface area contributed by atoms with Gasteiger partial charge in [0.2, 0.25) is 0 Å². The zero-order valence-electron chi connectivity index (χ0n) is 18.7. The molecular formula is C23H33N5O4. The van der Waals surface area contributed by atoms with Gasteiger partial charge in [-0.3, -0.25) is 14.6 Å². The SMILES string of the molecule is CCOC(=O)NC1CCCN(CN2C(=O)NC3(CCCN(Cc4ccccc4)C3)C2=O)C1. The minimum Gasteiger partial charge on any atom is -0.450 e. The number of piperidine rings is 2.